The fourth-order valence-corrected chi connectivity index (χ4v) is 3.40. The molecule has 1 atom stereocenters. The zero-order chi connectivity index (χ0) is 19.7. The predicted molar refractivity (Wildman–Crippen MR) is 107 cm³/mol. The zero-order valence-corrected chi connectivity index (χ0v) is 16.1. The van der Waals surface area contributed by atoms with Crippen molar-refractivity contribution in [3.8, 4) is 0 Å². The molecule has 1 N–H and O–H groups in total. The molecule has 4 nitrogen and oxygen atoms in total. The number of ketones is 1. The van der Waals surface area contributed by atoms with Gasteiger partial charge in [-0.15, -0.1) is 0 Å². The summed E-state index contributed by atoms with van der Waals surface area (Å²) in [6.07, 6.45) is 0. The highest BCUT2D eigenvalue weighted by Crippen LogP contribution is 2.41. The molecule has 0 aliphatic carbocycles. The number of hydrogen-bond acceptors (Lipinski definition) is 3. The van der Waals surface area contributed by atoms with Gasteiger partial charge in [0.25, 0.3) is 5.91 Å². The third-order valence-electron chi connectivity index (χ3n) is 4.95. The molecular weight excluding hydrogens is 338 g/mol. The second-order valence-corrected chi connectivity index (χ2v) is 7.52. The number of Topliss-reactive ketones (excluding diaryl/α,β-unsaturated/α-hetero) is 1. The van der Waals surface area contributed by atoms with Crippen LogP contribution < -0.4 is 4.90 Å². The molecule has 140 valence electrons. The minimum absolute atomic E-state index is 0.175. The van der Waals surface area contributed by atoms with Crippen molar-refractivity contribution in [2.75, 3.05) is 4.90 Å². The second kappa shape index (κ2) is 7.39. The van der Waals surface area contributed by atoms with E-state index in [1.54, 1.807) is 13.8 Å². The van der Waals surface area contributed by atoms with E-state index in [0.717, 1.165) is 11.1 Å². The highest BCUT2D eigenvalue weighted by molar-refractivity contribution is 6.16. The Kier molecular flexibility index (Phi) is 5.17. The quantitative estimate of drug-likeness (QED) is 0.819. The van der Waals surface area contributed by atoms with Crippen LogP contribution in [0.4, 0.5) is 5.69 Å². The monoisotopic (exact) mass is 363 g/mol. The number of carbonyl (C=O) groups is 2. The number of aliphatic hydroxyl groups is 1. The van der Waals surface area contributed by atoms with Crippen LogP contribution in [0.2, 0.25) is 0 Å². The Labute approximate surface area is 160 Å². The summed E-state index contributed by atoms with van der Waals surface area (Å²) >= 11 is 0. The van der Waals surface area contributed by atoms with Gasteiger partial charge in [-0.3, -0.25) is 14.5 Å². The first-order valence-electron chi connectivity index (χ1n) is 9.28. The Morgan fingerprint density at radius 3 is 2.07 bits per heavy atom. The van der Waals surface area contributed by atoms with Crippen molar-refractivity contribution in [2.24, 2.45) is 5.92 Å². The van der Waals surface area contributed by atoms with Gasteiger partial charge < -0.3 is 5.11 Å². The van der Waals surface area contributed by atoms with E-state index in [9.17, 15) is 14.7 Å². The lowest BCUT2D eigenvalue weighted by molar-refractivity contribution is -0.119. The van der Waals surface area contributed by atoms with Crippen LogP contribution in [-0.2, 0) is 9.59 Å². The van der Waals surface area contributed by atoms with Gasteiger partial charge in [0.2, 0.25) is 0 Å². The third kappa shape index (κ3) is 3.39. The van der Waals surface area contributed by atoms with Crippen molar-refractivity contribution in [3.05, 3.63) is 77.1 Å². The van der Waals surface area contributed by atoms with Gasteiger partial charge >= 0.3 is 0 Å². The largest absolute Gasteiger partial charge is 0.503 e. The predicted octanol–water partition coefficient (Wildman–Crippen LogP) is 4.94. The highest BCUT2D eigenvalue weighted by atomic mass is 16.3. The number of hydrogen-bond donors (Lipinski definition) is 1. The Morgan fingerprint density at radius 2 is 1.56 bits per heavy atom. The van der Waals surface area contributed by atoms with E-state index < -0.39 is 17.7 Å². The highest BCUT2D eigenvalue weighted by Gasteiger charge is 2.44. The Balaban J connectivity index is 2.12. The normalized spacial score (nSPS) is 17.3. The maximum Gasteiger partial charge on any atom is 0.294 e. The summed E-state index contributed by atoms with van der Waals surface area (Å²) in [5, 5.41) is 10.6. The fraction of sp³-hybridized carbons (Fsp3) is 0.304. The molecule has 0 saturated heterocycles. The van der Waals surface area contributed by atoms with Crippen molar-refractivity contribution in [3.63, 3.8) is 0 Å². The lowest BCUT2D eigenvalue weighted by Gasteiger charge is -2.27. The van der Waals surface area contributed by atoms with Crippen LogP contribution in [0.5, 0.6) is 0 Å². The molecule has 2 aromatic carbocycles. The first-order chi connectivity index (χ1) is 12.8. The maximum absolute atomic E-state index is 12.9. The molecule has 0 aromatic heterocycles. The van der Waals surface area contributed by atoms with Crippen molar-refractivity contribution in [2.45, 2.75) is 39.7 Å². The van der Waals surface area contributed by atoms with Crippen LogP contribution in [0.3, 0.4) is 0 Å². The SMILES string of the molecule is CC(C)C(=O)C1=C(O)C(=O)N(c2ccc(C(C)C)cc2)C1c1ccccc1. The van der Waals surface area contributed by atoms with Gasteiger partial charge in [0.1, 0.15) is 0 Å². The fourth-order valence-electron chi connectivity index (χ4n) is 3.40. The van der Waals surface area contributed by atoms with Crippen LogP contribution in [-0.4, -0.2) is 16.8 Å². The van der Waals surface area contributed by atoms with Crippen LogP contribution in [0.15, 0.2) is 65.9 Å². The molecule has 27 heavy (non-hydrogen) atoms. The van der Waals surface area contributed by atoms with E-state index in [1.807, 2.05) is 54.6 Å². The van der Waals surface area contributed by atoms with Crippen molar-refractivity contribution < 1.29 is 14.7 Å². The first kappa shape index (κ1) is 18.9. The molecule has 0 spiro atoms. The molecule has 0 fully saturated rings. The number of amides is 1. The number of rotatable bonds is 5. The average molecular weight is 363 g/mol. The summed E-state index contributed by atoms with van der Waals surface area (Å²) < 4.78 is 0. The van der Waals surface area contributed by atoms with Gasteiger partial charge in [-0.05, 0) is 29.2 Å². The second-order valence-electron chi connectivity index (χ2n) is 7.52. The van der Waals surface area contributed by atoms with Crippen LogP contribution in [0.1, 0.15) is 50.8 Å². The number of anilines is 1. The standard InChI is InChI=1S/C23H25NO3/c1-14(2)16-10-12-18(13-11-16)24-20(17-8-6-5-7-9-17)19(21(25)15(3)4)22(26)23(24)27/h5-15,20,26H,1-4H3. The minimum atomic E-state index is -0.626. The van der Waals surface area contributed by atoms with Gasteiger partial charge in [0.05, 0.1) is 11.6 Å². The Bertz CT molecular complexity index is 880. The van der Waals surface area contributed by atoms with Gasteiger partial charge in [-0.25, -0.2) is 0 Å². The number of carbonyl (C=O) groups excluding carboxylic acids is 2. The summed E-state index contributed by atoms with van der Waals surface area (Å²) in [5.74, 6) is -1.14. The molecule has 3 rings (SSSR count). The van der Waals surface area contributed by atoms with E-state index in [-0.39, 0.29) is 17.3 Å². The van der Waals surface area contributed by atoms with Crippen molar-refractivity contribution in [1.29, 1.82) is 0 Å². The summed E-state index contributed by atoms with van der Waals surface area (Å²) in [4.78, 5) is 27.2. The molecule has 1 unspecified atom stereocenters. The molecule has 4 heteroatoms. The molecule has 1 aliphatic rings. The molecule has 0 saturated carbocycles. The minimum Gasteiger partial charge on any atom is -0.503 e. The molecular formula is C23H25NO3. The third-order valence-corrected chi connectivity index (χ3v) is 4.95. The molecule has 0 bridgehead atoms. The molecule has 1 aliphatic heterocycles. The Morgan fingerprint density at radius 1 is 0.963 bits per heavy atom. The maximum atomic E-state index is 12.9. The first-order valence-corrected chi connectivity index (χ1v) is 9.28. The van der Waals surface area contributed by atoms with Crippen molar-refractivity contribution >= 4 is 17.4 Å². The number of nitrogens with zero attached hydrogens (tertiary/aromatic N) is 1. The summed E-state index contributed by atoms with van der Waals surface area (Å²) in [7, 11) is 0. The van der Waals surface area contributed by atoms with E-state index in [1.165, 1.54) is 4.90 Å². The van der Waals surface area contributed by atoms with Crippen LogP contribution in [0, 0.1) is 5.92 Å². The molecule has 1 heterocycles. The van der Waals surface area contributed by atoms with Crippen LogP contribution in [0.25, 0.3) is 0 Å². The smallest absolute Gasteiger partial charge is 0.294 e. The van der Waals surface area contributed by atoms with E-state index >= 15 is 0 Å². The Hall–Kier alpha value is -2.88. The van der Waals surface area contributed by atoms with E-state index in [4.69, 9.17) is 0 Å². The van der Waals surface area contributed by atoms with Gasteiger partial charge in [-0.1, -0.05) is 70.2 Å². The molecule has 2 aromatic rings. The van der Waals surface area contributed by atoms with E-state index in [0.29, 0.717) is 11.6 Å². The van der Waals surface area contributed by atoms with Gasteiger partial charge in [0.15, 0.2) is 11.5 Å². The average Bonchev–Trinajstić information content (AvgIpc) is 2.93. The summed E-state index contributed by atoms with van der Waals surface area (Å²) in [6, 6.07) is 16.5. The van der Waals surface area contributed by atoms with Gasteiger partial charge in [-0.2, -0.15) is 0 Å². The number of benzene rings is 2. The lowest BCUT2D eigenvalue weighted by Crippen LogP contribution is -2.31. The van der Waals surface area contributed by atoms with Gasteiger partial charge in [0, 0.05) is 11.6 Å². The topological polar surface area (TPSA) is 57.6 Å². The zero-order valence-electron chi connectivity index (χ0n) is 16.1. The van der Waals surface area contributed by atoms with Crippen molar-refractivity contribution in [1.82, 2.24) is 0 Å². The number of aliphatic hydroxyl groups excluding tert-OH is 1. The molecule has 0 radical (unpaired) electrons. The molecule has 1 amide bonds. The van der Waals surface area contributed by atoms with Crippen LogP contribution >= 0.6 is 0 Å². The van der Waals surface area contributed by atoms with E-state index in [2.05, 4.69) is 13.8 Å². The summed E-state index contributed by atoms with van der Waals surface area (Å²) in [6.45, 7) is 7.76. The summed E-state index contributed by atoms with van der Waals surface area (Å²) in [5.41, 5.74) is 2.80. The lowest BCUT2D eigenvalue weighted by atomic mass is 9.91.